The van der Waals surface area contributed by atoms with Crippen LogP contribution in [-0.4, -0.2) is 4.57 Å². The fourth-order valence-electron chi connectivity index (χ4n) is 2.28. The molecule has 0 aliphatic heterocycles. The molecule has 1 nitrogen and oxygen atoms in total. The molecule has 1 heterocycles. The molecule has 1 heteroatoms. The number of aryl methyl sites for hydroxylation is 1. The zero-order valence-corrected chi connectivity index (χ0v) is 11.2. The summed E-state index contributed by atoms with van der Waals surface area (Å²) in [6.07, 6.45) is 0. The minimum absolute atomic E-state index is 0.601. The van der Waals surface area contributed by atoms with E-state index in [0.717, 1.165) is 6.54 Å². The zero-order chi connectivity index (χ0) is 12.4. The molecule has 0 saturated heterocycles. The topological polar surface area (TPSA) is 4.93 Å². The molecule has 0 amide bonds. The van der Waals surface area contributed by atoms with Crippen molar-refractivity contribution >= 4 is 0 Å². The lowest BCUT2D eigenvalue weighted by Crippen LogP contribution is -1.99. The average molecular weight is 227 g/mol. The van der Waals surface area contributed by atoms with Crippen LogP contribution in [0, 0.1) is 6.92 Å². The van der Waals surface area contributed by atoms with Crippen LogP contribution in [0.4, 0.5) is 0 Å². The molecule has 0 bridgehead atoms. The van der Waals surface area contributed by atoms with E-state index in [9.17, 15) is 0 Å². The summed E-state index contributed by atoms with van der Waals surface area (Å²) in [6, 6.07) is 13.3. The van der Waals surface area contributed by atoms with E-state index in [1.54, 1.807) is 0 Å². The molecule has 1 aromatic heterocycles. The van der Waals surface area contributed by atoms with Crippen molar-refractivity contribution in [2.75, 3.05) is 0 Å². The van der Waals surface area contributed by atoms with Gasteiger partial charge in [0.2, 0.25) is 0 Å². The summed E-state index contributed by atoms with van der Waals surface area (Å²) in [5.74, 6) is 0.601. The molecule has 0 aliphatic carbocycles. The molecule has 0 unspecified atom stereocenters. The summed E-state index contributed by atoms with van der Waals surface area (Å²) in [6.45, 7) is 9.84. The van der Waals surface area contributed by atoms with Gasteiger partial charge in [-0.15, -0.1) is 0 Å². The Hall–Kier alpha value is -1.50. The predicted octanol–water partition coefficient (Wildman–Crippen LogP) is 4.61. The average Bonchev–Trinajstić information content (AvgIpc) is 2.70. The third-order valence-electron chi connectivity index (χ3n) is 3.39. The summed E-state index contributed by atoms with van der Waals surface area (Å²) in [4.78, 5) is 0. The van der Waals surface area contributed by atoms with E-state index in [0.29, 0.717) is 5.92 Å². The maximum Gasteiger partial charge on any atom is 0.0482 e. The molecule has 0 fully saturated rings. The lowest BCUT2D eigenvalue weighted by molar-refractivity contribution is 0.750. The fourth-order valence-corrected chi connectivity index (χ4v) is 2.28. The van der Waals surface area contributed by atoms with Gasteiger partial charge in [0.15, 0.2) is 0 Å². The molecule has 2 aromatic rings. The van der Waals surface area contributed by atoms with Crippen molar-refractivity contribution in [3.8, 4) is 11.3 Å². The molecule has 0 saturated carbocycles. The normalized spacial score (nSPS) is 11.1. The van der Waals surface area contributed by atoms with E-state index in [2.05, 4.69) is 68.7 Å². The van der Waals surface area contributed by atoms with Gasteiger partial charge in [-0.1, -0.05) is 38.1 Å². The van der Waals surface area contributed by atoms with Gasteiger partial charge < -0.3 is 4.57 Å². The monoisotopic (exact) mass is 227 g/mol. The standard InChI is InChI=1S/C16H21N/c1-5-17-13(4)6-11-16(17)15-9-7-14(8-10-15)12(2)3/h6-12H,5H2,1-4H3. The maximum atomic E-state index is 2.35. The van der Waals surface area contributed by atoms with Gasteiger partial charge in [0.05, 0.1) is 0 Å². The van der Waals surface area contributed by atoms with Gasteiger partial charge >= 0.3 is 0 Å². The Morgan fingerprint density at radius 1 is 1.00 bits per heavy atom. The van der Waals surface area contributed by atoms with Crippen LogP contribution in [0.5, 0.6) is 0 Å². The highest BCUT2D eigenvalue weighted by atomic mass is 15.0. The molecule has 90 valence electrons. The Labute approximate surface area is 104 Å². The van der Waals surface area contributed by atoms with Crippen LogP contribution in [0.15, 0.2) is 36.4 Å². The van der Waals surface area contributed by atoms with Crippen molar-refractivity contribution in [3.05, 3.63) is 47.7 Å². The second kappa shape index (κ2) is 4.79. The number of aromatic nitrogens is 1. The summed E-state index contributed by atoms with van der Waals surface area (Å²) in [5, 5.41) is 0. The predicted molar refractivity (Wildman–Crippen MR) is 74.4 cm³/mol. The van der Waals surface area contributed by atoms with Gasteiger partial charge in [-0.25, -0.2) is 0 Å². The van der Waals surface area contributed by atoms with Crippen LogP contribution in [0.3, 0.4) is 0 Å². The molecular formula is C16H21N. The number of hydrogen-bond acceptors (Lipinski definition) is 0. The lowest BCUT2D eigenvalue weighted by atomic mass is 10.0. The van der Waals surface area contributed by atoms with Crippen molar-refractivity contribution in [2.24, 2.45) is 0 Å². The lowest BCUT2D eigenvalue weighted by Gasteiger charge is -2.10. The number of benzene rings is 1. The second-order valence-corrected chi connectivity index (χ2v) is 4.88. The SMILES string of the molecule is CCn1c(C)ccc1-c1ccc(C(C)C)cc1. The van der Waals surface area contributed by atoms with Gasteiger partial charge in [-0.05, 0) is 43.0 Å². The van der Waals surface area contributed by atoms with E-state index in [-0.39, 0.29) is 0 Å². The number of nitrogens with zero attached hydrogens (tertiary/aromatic N) is 1. The molecule has 17 heavy (non-hydrogen) atoms. The minimum Gasteiger partial charge on any atom is -0.345 e. The fraction of sp³-hybridized carbons (Fsp3) is 0.375. The Balaban J connectivity index is 2.39. The maximum absolute atomic E-state index is 2.35. The highest BCUT2D eigenvalue weighted by molar-refractivity contribution is 5.61. The third-order valence-corrected chi connectivity index (χ3v) is 3.39. The van der Waals surface area contributed by atoms with Gasteiger partial charge in [0, 0.05) is 17.9 Å². The summed E-state index contributed by atoms with van der Waals surface area (Å²) in [5.41, 5.74) is 5.36. The first kappa shape index (κ1) is 12.0. The molecule has 0 spiro atoms. The van der Waals surface area contributed by atoms with E-state index < -0.39 is 0 Å². The van der Waals surface area contributed by atoms with Crippen molar-refractivity contribution in [1.29, 1.82) is 0 Å². The van der Waals surface area contributed by atoms with Crippen LogP contribution in [0.1, 0.15) is 37.9 Å². The number of rotatable bonds is 3. The molecule has 1 aromatic carbocycles. The van der Waals surface area contributed by atoms with Crippen molar-refractivity contribution in [1.82, 2.24) is 4.57 Å². The van der Waals surface area contributed by atoms with E-state index >= 15 is 0 Å². The Bertz CT molecular complexity index is 489. The molecule has 0 atom stereocenters. The summed E-state index contributed by atoms with van der Waals surface area (Å²) in [7, 11) is 0. The van der Waals surface area contributed by atoms with Gasteiger partial charge in [-0.3, -0.25) is 0 Å². The Morgan fingerprint density at radius 3 is 2.18 bits per heavy atom. The van der Waals surface area contributed by atoms with E-state index in [1.165, 1.54) is 22.5 Å². The van der Waals surface area contributed by atoms with Crippen LogP contribution >= 0.6 is 0 Å². The quantitative estimate of drug-likeness (QED) is 0.721. The zero-order valence-electron chi connectivity index (χ0n) is 11.2. The second-order valence-electron chi connectivity index (χ2n) is 4.88. The Kier molecular flexibility index (Phi) is 3.37. The third kappa shape index (κ3) is 2.28. The smallest absolute Gasteiger partial charge is 0.0482 e. The van der Waals surface area contributed by atoms with Crippen molar-refractivity contribution < 1.29 is 0 Å². The van der Waals surface area contributed by atoms with E-state index in [1.807, 2.05) is 0 Å². The van der Waals surface area contributed by atoms with Crippen LogP contribution in [0.25, 0.3) is 11.3 Å². The van der Waals surface area contributed by atoms with E-state index in [4.69, 9.17) is 0 Å². The molecule has 2 rings (SSSR count). The summed E-state index contributed by atoms with van der Waals surface area (Å²) < 4.78 is 2.35. The van der Waals surface area contributed by atoms with Gasteiger partial charge in [-0.2, -0.15) is 0 Å². The van der Waals surface area contributed by atoms with Crippen LogP contribution in [-0.2, 0) is 6.54 Å². The largest absolute Gasteiger partial charge is 0.345 e. The minimum atomic E-state index is 0.601. The first-order chi connectivity index (χ1) is 8.13. The van der Waals surface area contributed by atoms with Gasteiger partial charge in [0.1, 0.15) is 0 Å². The first-order valence-electron chi connectivity index (χ1n) is 6.40. The van der Waals surface area contributed by atoms with Crippen LogP contribution in [0.2, 0.25) is 0 Å². The van der Waals surface area contributed by atoms with Crippen LogP contribution < -0.4 is 0 Å². The Morgan fingerprint density at radius 2 is 1.65 bits per heavy atom. The molecule has 0 radical (unpaired) electrons. The van der Waals surface area contributed by atoms with Crippen molar-refractivity contribution in [3.63, 3.8) is 0 Å². The first-order valence-corrected chi connectivity index (χ1v) is 6.40. The van der Waals surface area contributed by atoms with Gasteiger partial charge in [0.25, 0.3) is 0 Å². The van der Waals surface area contributed by atoms with Crippen molar-refractivity contribution in [2.45, 2.75) is 40.2 Å². The molecule has 0 N–H and O–H groups in total. The number of hydrogen-bond donors (Lipinski definition) is 0. The highest BCUT2D eigenvalue weighted by Gasteiger charge is 2.06. The molecular weight excluding hydrogens is 206 g/mol. The highest BCUT2D eigenvalue weighted by Crippen LogP contribution is 2.24. The molecule has 0 aliphatic rings. The summed E-state index contributed by atoms with van der Waals surface area (Å²) >= 11 is 0.